The molecule has 0 unspecified atom stereocenters. The van der Waals surface area contributed by atoms with Gasteiger partial charge in [-0.05, 0) is 79.5 Å². The van der Waals surface area contributed by atoms with Gasteiger partial charge < -0.3 is 9.47 Å². The van der Waals surface area contributed by atoms with Gasteiger partial charge >= 0.3 is 0 Å². The summed E-state index contributed by atoms with van der Waals surface area (Å²) in [6, 6.07) is 56.5. The Hall–Kier alpha value is -5.94. The van der Waals surface area contributed by atoms with Crippen LogP contribution in [-0.2, 0) is 13.2 Å². The number of ether oxygens (including phenoxy) is 2. The van der Waals surface area contributed by atoms with E-state index >= 15 is 0 Å². The lowest BCUT2D eigenvalue weighted by atomic mass is 9.99. The summed E-state index contributed by atoms with van der Waals surface area (Å²) in [5, 5.41) is 15.5. The SMILES string of the molecule is c1ccc2c(c1)ccc1c2sc2c(COc3ccc(OCc4cc5ccccc5c5c4sc4c6ccccc6ccc45)cc3)cc3ccccc3c21. The fraction of sp³-hybridized carbons (Fsp3) is 0.0417. The van der Waals surface area contributed by atoms with Crippen molar-refractivity contribution < 1.29 is 9.47 Å². The van der Waals surface area contributed by atoms with Crippen LogP contribution in [0.1, 0.15) is 11.1 Å². The number of fused-ring (bicyclic) bond motifs is 14. The predicted molar refractivity (Wildman–Crippen MR) is 224 cm³/mol. The number of hydrogen-bond donors (Lipinski definition) is 0. The first-order valence-electron chi connectivity index (χ1n) is 17.6. The fourth-order valence-corrected chi connectivity index (χ4v) is 10.7. The summed E-state index contributed by atoms with van der Waals surface area (Å²) in [6.45, 7) is 0.976. The van der Waals surface area contributed by atoms with Gasteiger partial charge in [-0.1, -0.05) is 121 Å². The van der Waals surface area contributed by atoms with Gasteiger partial charge in [0.1, 0.15) is 24.7 Å². The first-order valence-corrected chi connectivity index (χ1v) is 19.2. The van der Waals surface area contributed by atoms with Gasteiger partial charge in [0.25, 0.3) is 0 Å². The van der Waals surface area contributed by atoms with Crippen LogP contribution in [0.15, 0.2) is 158 Å². The third-order valence-corrected chi connectivity index (χ3v) is 13.1. The Balaban J connectivity index is 0.901. The van der Waals surface area contributed by atoms with E-state index in [0.717, 1.165) is 11.5 Å². The smallest absolute Gasteiger partial charge is 0.120 e. The Morgan fingerprint density at radius 3 is 1.15 bits per heavy atom. The van der Waals surface area contributed by atoms with Gasteiger partial charge in [0.15, 0.2) is 0 Å². The van der Waals surface area contributed by atoms with Crippen molar-refractivity contribution in [3.63, 3.8) is 0 Å². The molecule has 0 radical (unpaired) electrons. The summed E-state index contributed by atoms with van der Waals surface area (Å²) >= 11 is 3.76. The first-order chi connectivity index (χ1) is 25.8. The molecule has 0 amide bonds. The molecule has 2 aromatic heterocycles. The average molecular weight is 703 g/mol. The van der Waals surface area contributed by atoms with E-state index in [-0.39, 0.29) is 0 Å². The van der Waals surface area contributed by atoms with E-state index in [9.17, 15) is 0 Å². The van der Waals surface area contributed by atoms with Crippen molar-refractivity contribution in [2.24, 2.45) is 0 Å². The van der Waals surface area contributed by atoms with Crippen LogP contribution in [0.2, 0.25) is 0 Å². The van der Waals surface area contributed by atoms with Crippen molar-refractivity contribution in [3.8, 4) is 11.5 Å². The van der Waals surface area contributed by atoms with Gasteiger partial charge in [-0.2, -0.15) is 0 Å². The van der Waals surface area contributed by atoms with E-state index in [0.29, 0.717) is 13.2 Å². The maximum atomic E-state index is 6.48. The highest BCUT2D eigenvalue weighted by Crippen LogP contribution is 2.45. The van der Waals surface area contributed by atoms with Crippen molar-refractivity contribution >= 4 is 106 Å². The summed E-state index contributed by atoms with van der Waals surface area (Å²) in [6.07, 6.45) is 0. The van der Waals surface area contributed by atoms with E-state index in [4.69, 9.17) is 9.47 Å². The Labute approximate surface area is 307 Å². The molecule has 0 aliphatic carbocycles. The van der Waals surface area contributed by atoms with Crippen LogP contribution in [0.4, 0.5) is 0 Å². The monoisotopic (exact) mass is 702 g/mol. The van der Waals surface area contributed by atoms with Crippen LogP contribution in [0, 0.1) is 0 Å². The van der Waals surface area contributed by atoms with E-state index in [1.807, 2.05) is 46.9 Å². The molecule has 246 valence electrons. The molecule has 4 heteroatoms. The normalized spacial score (nSPS) is 12.0. The van der Waals surface area contributed by atoms with Gasteiger partial charge in [0, 0.05) is 51.5 Å². The van der Waals surface area contributed by atoms with Crippen molar-refractivity contribution in [3.05, 3.63) is 169 Å². The summed E-state index contributed by atoms with van der Waals surface area (Å²) in [7, 11) is 0. The summed E-state index contributed by atoms with van der Waals surface area (Å²) < 4.78 is 18.2. The lowest BCUT2D eigenvalue weighted by molar-refractivity contribution is 0.299. The molecule has 11 rings (SSSR count). The second-order valence-corrected chi connectivity index (χ2v) is 15.5. The van der Waals surface area contributed by atoms with Gasteiger partial charge in [0.2, 0.25) is 0 Å². The van der Waals surface area contributed by atoms with Crippen LogP contribution >= 0.6 is 22.7 Å². The Bertz CT molecular complexity index is 2970. The Kier molecular flexibility index (Phi) is 6.76. The third kappa shape index (κ3) is 4.68. The van der Waals surface area contributed by atoms with E-state index in [2.05, 4.69) is 133 Å². The standard InChI is InChI=1S/C48H30O2S2/c1-7-15-39-29(9-1)17-23-41-43-37-13-5-3-11-31(37)25-33(45(43)51-47(39)41)27-49-35-19-21-36(22-20-35)50-28-34-26-32-12-4-6-14-38(32)44-42-24-18-30-10-2-8-16-40(30)48(42)52-46(34)44/h1-26H,27-28H2. The third-order valence-electron chi connectivity index (χ3n) is 10.5. The van der Waals surface area contributed by atoms with Crippen molar-refractivity contribution in [1.29, 1.82) is 0 Å². The molecule has 0 N–H and O–H groups in total. The molecule has 0 saturated heterocycles. The molecule has 9 aromatic carbocycles. The number of benzene rings is 9. The second-order valence-electron chi connectivity index (χ2n) is 13.5. The van der Waals surface area contributed by atoms with Crippen LogP contribution < -0.4 is 9.47 Å². The lowest BCUT2D eigenvalue weighted by Gasteiger charge is -2.12. The fourth-order valence-electron chi connectivity index (χ4n) is 8.01. The van der Waals surface area contributed by atoms with Gasteiger partial charge in [-0.15, -0.1) is 22.7 Å². The van der Waals surface area contributed by atoms with Gasteiger partial charge in [-0.25, -0.2) is 0 Å². The highest BCUT2D eigenvalue weighted by atomic mass is 32.1. The molecule has 0 saturated carbocycles. The quantitative estimate of drug-likeness (QED) is 0.172. The van der Waals surface area contributed by atoms with E-state index < -0.39 is 0 Å². The minimum absolute atomic E-state index is 0.488. The predicted octanol–water partition coefficient (Wildman–Crippen LogP) is 14.2. The molecule has 2 heterocycles. The molecule has 0 spiro atoms. The topological polar surface area (TPSA) is 18.5 Å². The first kappa shape index (κ1) is 29.8. The maximum Gasteiger partial charge on any atom is 0.120 e. The molecule has 0 bridgehead atoms. The van der Waals surface area contributed by atoms with Crippen LogP contribution in [0.25, 0.3) is 83.4 Å². The van der Waals surface area contributed by atoms with Gasteiger partial charge in [-0.3, -0.25) is 0 Å². The number of hydrogen-bond acceptors (Lipinski definition) is 4. The lowest BCUT2D eigenvalue weighted by Crippen LogP contribution is -1.98. The molecule has 0 atom stereocenters. The zero-order valence-corrected chi connectivity index (χ0v) is 29.7. The molecule has 11 aromatic rings. The zero-order chi connectivity index (χ0) is 34.2. The molecular formula is C48H30O2S2. The van der Waals surface area contributed by atoms with Crippen molar-refractivity contribution in [2.75, 3.05) is 0 Å². The summed E-state index contributed by atoms with van der Waals surface area (Å²) in [5.41, 5.74) is 2.41. The largest absolute Gasteiger partial charge is 0.489 e. The minimum Gasteiger partial charge on any atom is -0.489 e. The maximum absolute atomic E-state index is 6.48. The zero-order valence-electron chi connectivity index (χ0n) is 28.1. The highest BCUT2D eigenvalue weighted by molar-refractivity contribution is 7.27. The minimum atomic E-state index is 0.488. The highest BCUT2D eigenvalue weighted by Gasteiger charge is 2.17. The van der Waals surface area contributed by atoms with Crippen LogP contribution in [-0.4, -0.2) is 0 Å². The van der Waals surface area contributed by atoms with Gasteiger partial charge in [0.05, 0.1) is 0 Å². The summed E-state index contributed by atoms with van der Waals surface area (Å²) in [5.74, 6) is 1.65. The Morgan fingerprint density at radius 2 is 0.712 bits per heavy atom. The van der Waals surface area contributed by atoms with Crippen LogP contribution in [0.3, 0.4) is 0 Å². The van der Waals surface area contributed by atoms with Crippen molar-refractivity contribution in [1.82, 2.24) is 0 Å². The molecule has 2 nitrogen and oxygen atoms in total. The Morgan fingerprint density at radius 1 is 0.327 bits per heavy atom. The molecule has 0 fully saturated rings. The number of rotatable bonds is 6. The molecular weight excluding hydrogens is 673 g/mol. The molecule has 0 aliphatic rings. The number of thiophene rings is 2. The van der Waals surface area contributed by atoms with E-state index in [1.54, 1.807) is 0 Å². The van der Waals surface area contributed by atoms with Crippen LogP contribution in [0.5, 0.6) is 11.5 Å². The second kappa shape index (κ2) is 11.8. The molecule has 52 heavy (non-hydrogen) atoms. The average Bonchev–Trinajstić information content (AvgIpc) is 3.80. The van der Waals surface area contributed by atoms with Crippen molar-refractivity contribution in [2.45, 2.75) is 13.2 Å². The molecule has 0 aliphatic heterocycles. The summed E-state index contributed by atoms with van der Waals surface area (Å²) in [4.78, 5) is 0. The van der Waals surface area contributed by atoms with E-state index in [1.165, 1.54) is 94.6 Å².